The summed E-state index contributed by atoms with van der Waals surface area (Å²) in [6.45, 7) is 0. The predicted octanol–water partition coefficient (Wildman–Crippen LogP) is 2.49. The number of halogens is 1. The van der Waals surface area contributed by atoms with Gasteiger partial charge < -0.3 is 0 Å². The number of isocyanates is 1. The Labute approximate surface area is 90.8 Å². The van der Waals surface area contributed by atoms with Gasteiger partial charge in [-0.25, -0.2) is 9.48 Å². The van der Waals surface area contributed by atoms with Crippen LogP contribution in [0.4, 0.5) is 5.69 Å². The zero-order valence-electron chi connectivity index (χ0n) is 7.59. The summed E-state index contributed by atoms with van der Waals surface area (Å²) in [5, 5.41) is 4.51. The molecule has 15 heavy (non-hydrogen) atoms. The van der Waals surface area contributed by atoms with E-state index in [0.29, 0.717) is 16.4 Å². The maximum absolute atomic E-state index is 10.2. The number of aliphatic imine (C=N–C) groups is 1. The Balaban J connectivity index is 2.68. The molecule has 0 amide bonds. The van der Waals surface area contributed by atoms with Gasteiger partial charge in [-0.3, -0.25) is 0 Å². The molecule has 0 saturated heterocycles. The molecule has 0 unspecified atom stereocenters. The fourth-order valence-corrected chi connectivity index (χ4v) is 1.53. The van der Waals surface area contributed by atoms with Crippen LogP contribution in [0.2, 0.25) is 5.02 Å². The molecule has 74 valence electrons. The van der Waals surface area contributed by atoms with E-state index in [4.69, 9.17) is 11.6 Å². The summed E-state index contributed by atoms with van der Waals surface area (Å²) >= 11 is 6.01. The van der Waals surface area contributed by atoms with Crippen LogP contribution in [0.1, 0.15) is 0 Å². The Morgan fingerprint density at radius 1 is 1.40 bits per heavy atom. The van der Waals surface area contributed by atoms with Gasteiger partial charge >= 0.3 is 0 Å². The van der Waals surface area contributed by atoms with Crippen LogP contribution in [0.15, 0.2) is 41.7 Å². The molecule has 0 N–H and O–H groups in total. The van der Waals surface area contributed by atoms with Gasteiger partial charge in [0, 0.05) is 12.4 Å². The second-order valence-corrected chi connectivity index (χ2v) is 3.17. The normalized spacial score (nSPS) is 9.67. The fourth-order valence-electron chi connectivity index (χ4n) is 1.27. The lowest BCUT2D eigenvalue weighted by Gasteiger charge is -2.06. The van der Waals surface area contributed by atoms with Gasteiger partial charge in [0.25, 0.3) is 0 Å². The highest BCUT2D eigenvalue weighted by Gasteiger charge is 2.08. The van der Waals surface area contributed by atoms with Crippen LogP contribution in [0.25, 0.3) is 5.69 Å². The van der Waals surface area contributed by atoms with E-state index >= 15 is 0 Å². The van der Waals surface area contributed by atoms with Crippen molar-refractivity contribution >= 4 is 23.4 Å². The smallest absolute Gasteiger partial charge is 0.237 e. The molecular weight excluding hydrogens is 214 g/mol. The number of hydrogen-bond donors (Lipinski definition) is 0. The molecule has 0 spiro atoms. The molecule has 0 aliphatic heterocycles. The van der Waals surface area contributed by atoms with Crippen LogP contribution >= 0.6 is 11.6 Å². The largest absolute Gasteiger partial charge is 0.240 e. The summed E-state index contributed by atoms with van der Waals surface area (Å²) in [7, 11) is 0. The Morgan fingerprint density at radius 3 is 2.93 bits per heavy atom. The SMILES string of the molecule is O=C=Nc1cccc(Cl)c1-n1cccn1. The van der Waals surface area contributed by atoms with Crippen molar-refractivity contribution < 1.29 is 4.79 Å². The van der Waals surface area contributed by atoms with Gasteiger partial charge in [0.1, 0.15) is 11.4 Å². The van der Waals surface area contributed by atoms with E-state index in [1.165, 1.54) is 6.08 Å². The maximum atomic E-state index is 10.2. The standard InChI is InChI=1S/C10H6ClN3O/c11-8-3-1-4-9(12-7-15)10(8)14-6-2-5-13-14/h1-6H. The number of carbonyl (C=O) groups excluding carboxylic acids is 1. The van der Waals surface area contributed by atoms with Crippen molar-refractivity contribution in [2.75, 3.05) is 0 Å². The summed E-state index contributed by atoms with van der Waals surface area (Å²) in [6, 6.07) is 6.86. The third kappa shape index (κ3) is 1.81. The number of hydrogen-bond acceptors (Lipinski definition) is 3. The van der Waals surface area contributed by atoms with Crippen LogP contribution in [0.5, 0.6) is 0 Å². The number of nitrogens with zero attached hydrogens (tertiary/aromatic N) is 3. The molecule has 0 fully saturated rings. The quantitative estimate of drug-likeness (QED) is 0.576. The zero-order valence-corrected chi connectivity index (χ0v) is 8.35. The molecule has 0 atom stereocenters. The fraction of sp³-hybridized carbons (Fsp3) is 0. The van der Waals surface area contributed by atoms with E-state index in [0.717, 1.165) is 0 Å². The molecule has 1 heterocycles. The van der Waals surface area contributed by atoms with E-state index in [2.05, 4.69) is 10.1 Å². The topological polar surface area (TPSA) is 47.2 Å². The molecule has 2 rings (SSSR count). The average molecular weight is 220 g/mol. The monoisotopic (exact) mass is 219 g/mol. The molecule has 0 aliphatic carbocycles. The lowest BCUT2D eigenvalue weighted by molar-refractivity contribution is 0.565. The van der Waals surface area contributed by atoms with Crippen molar-refractivity contribution in [1.29, 1.82) is 0 Å². The maximum Gasteiger partial charge on any atom is 0.240 e. The minimum absolute atomic E-state index is 0.446. The lowest BCUT2D eigenvalue weighted by Crippen LogP contribution is -1.95. The van der Waals surface area contributed by atoms with E-state index in [-0.39, 0.29) is 0 Å². The van der Waals surface area contributed by atoms with Crippen LogP contribution < -0.4 is 0 Å². The minimum Gasteiger partial charge on any atom is -0.237 e. The molecule has 1 aromatic heterocycles. The molecule has 0 bridgehead atoms. The van der Waals surface area contributed by atoms with Crippen molar-refractivity contribution in [1.82, 2.24) is 9.78 Å². The first-order valence-electron chi connectivity index (χ1n) is 4.19. The molecule has 0 aliphatic rings. The first-order chi connectivity index (χ1) is 7.33. The van der Waals surface area contributed by atoms with Crippen molar-refractivity contribution in [3.63, 3.8) is 0 Å². The Morgan fingerprint density at radius 2 is 2.27 bits per heavy atom. The summed E-state index contributed by atoms with van der Waals surface area (Å²) in [5.41, 5.74) is 1.02. The summed E-state index contributed by atoms with van der Waals surface area (Å²) in [4.78, 5) is 13.8. The van der Waals surface area contributed by atoms with Crippen molar-refractivity contribution in [2.45, 2.75) is 0 Å². The van der Waals surface area contributed by atoms with Gasteiger partial charge in [-0.15, -0.1) is 0 Å². The number of benzene rings is 1. The Bertz CT molecular complexity index is 515. The second-order valence-electron chi connectivity index (χ2n) is 2.76. The summed E-state index contributed by atoms with van der Waals surface area (Å²) < 4.78 is 1.55. The zero-order chi connectivity index (χ0) is 10.7. The van der Waals surface area contributed by atoms with Crippen molar-refractivity contribution in [3.05, 3.63) is 41.7 Å². The average Bonchev–Trinajstić information content (AvgIpc) is 2.71. The molecule has 0 saturated carbocycles. The molecule has 5 heteroatoms. The van der Waals surface area contributed by atoms with Crippen LogP contribution in [0, 0.1) is 0 Å². The summed E-state index contributed by atoms with van der Waals surface area (Å²) in [6.07, 6.45) is 4.84. The molecular formula is C10H6ClN3O. The predicted molar refractivity (Wildman–Crippen MR) is 56.4 cm³/mol. The summed E-state index contributed by atoms with van der Waals surface area (Å²) in [5.74, 6) is 0. The number of rotatable bonds is 2. The number of aromatic nitrogens is 2. The van der Waals surface area contributed by atoms with Gasteiger partial charge in [0.05, 0.1) is 5.02 Å². The van der Waals surface area contributed by atoms with Gasteiger partial charge in [0.15, 0.2) is 0 Å². The molecule has 0 radical (unpaired) electrons. The second kappa shape index (κ2) is 4.09. The number of para-hydroxylation sites is 1. The van der Waals surface area contributed by atoms with E-state index in [1.54, 1.807) is 41.3 Å². The highest BCUT2D eigenvalue weighted by Crippen LogP contribution is 2.29. The van der Waals surface area contributed by atoms with Crippen molar-refractivity contribution in [2.24, 2.45) is 4.99 Å². The van der Waals surface area contributed by atoms with E-state index in [9.17, 15) is 4.79 Å². The lowest BCUT2D eigenvalue weighted by atomic mass is 10.2. The first kappa shape index (κ1) is 9.65. The van der Waals surface area contributed by atoms with E-state index < -0.39 is 0 Å². The third-order valence-corrected chi connectivity index (χ3v) is 2.17. The van der Waals surface area contributed by atoms with Gasteiger partial charge in [0.2, 0.25) is 6.08 Å². The van der Waals surface area contributed by atoms with Gasteiger partial charge in [-0.05, 0) is 18.2 Å². The minimum atomic E-state index is 0.446. The Hall–Kier alpha value is -1.90. The van der Waals surface area contributed by atoms with E-state index in [1.807, 2.05) is 0 Å². The molecule has 4 nitrogen and oxygen atoms in total. The van der Waals surface area contributed by atoms with Gasteiger partial charge in [-0.1, -0.05) is 17.7 Å². The van der Waals surface area contributed by atoms with Crippen LogP contribution in [-0.2, 0) is 4.79 Å². The third-order valence-electron chi connectivity index (χ3n) is 1.87. The molecule has 1 aromatic carbocycles. The van der Waals surface area contributed by atoms with Gasteiger partial charge in [-0.2, -0.15) is 10.1 Å². The first-order valence-corrected chi connectivity index (χ1v) is 4.57. The van der Waals surface area contributed by atoms with Crippen LogP contribution in [0.3, 0.4) is 0 Å². The Kier molecular flexibility index (Phi) is 2.63. The highest BCUT2D eigenvalue weighted by atomic mass is 35.5. The highest BCUT2D eigenvalue weighted by molar-refractivity contribution is 6.32. The molecule has 2 aromatic rings. The van der Waals surface area contributed by atoms with Crippen LogP contribution in [-0.4, -0.2) is 15.9 Å². The van der Waals surface area contributed by atoms with Crippen molar-refractivity contribution in [3.8, 4) is 5.69 Å².